The fourth-order valence-corrected chi connectivity index (χ4v) is 3.15. The Morgan fingerprint density at radius 2 is 2.05 bits per heavy atom. The predicted octanol–water partition coefficient (Wildman–Crippen LogP) is 1.85. The second kappa shape index (κ2) is 5.39. The Morgan fingerprint density at radius 1 is 1.35 bits per heavy atom. The first kappa shape index (κ1) is 14.8. The van der Waals surface area contributed by atoms with Crippen molar-refractivity contribution in [3.63, 3.8) is 0 Å². The van der Waals surface area contributed by atoms with Crippen LogP contribution in [0.3, 0.4) is 0 Å². The number of aromatic nitrogens is 1. The lowest BCUT2D eigenvalue weighted by molar-refractivity contribution is 0.598. The van der Waals surface area contributed by atoms with Crippen LogP contribution in [-0.4, -0.2) is 13.4 Å². The summed E-state index contributed by atoms with van der Waals surface area (Å²) in [5, 5.41) is 11.2. The van der Waals surface area contributed by atoms with Gasteiger partial charge in [0.1, 0.15) is 5.01 Å². The van der Waals surface area contributed by atoms with E-state index < -0.39 is 10.0 Å². The first-order valence-electron chi connectivity index (χ1n) is 5.87. The van der Waals surface area contributed by atoms with Crippen LogP contribution in [0.15, 0.2) is 28.5 Å². The maximum Gasteiger partial charge on any atom is 0.238 e. The van der Waals surface area contributed by atoms with Gasteiger partial charge in [0, 0.05) is 22.4 Å². The molecule has 0 saturated heterocycles. The van der Waals surface area contributed by atoms with Gasteiger partial charge in [-0.05, 0) is 32.0 Å². The van der Waals surface area contributed by atoms with E-state index in [-0.39, 0.29) is 10.9 Å². The maximum absolute atomic E-state index is 11.4. The van der Waals surface area contributed by atoms with Crippen molar-refractivity contribution in [3.8, 4) is 0 Å². The van der Waals surface area contributed by atoms with Gasteiger partial charge in [-0.25, -0.2) is 18.5 Å². The van der Waals surface area contributed by atoms with E-state index in [1.807, 2.05) is 19.2 Å². The monoisotopic (exact) mass is 312 g/mol. The first-order chi connectivity index (χ1) is 9.25. The molecule has 0 fully saturated rings. The summed E-state index contributed by atoms with van der Waals surface area (Å²) in [6, 6.07) is 4.40. The standard InChI is InChI=1S/C12H16N4O2S2/c1-7-6-19-12(15-7)8(2)16-10-3-9(13)4-11(5-10)20(14,17)18/h3-6,8,16H,13H2,1-2H3,(H2,14,17,18). The van der Waals surface area contributed by atoms with Gasteiger partial charge in [0.25, 0.3) is 0 Å². The van der Waals surface area contributed by atoms with Crippen LogP contribution in [0.25, 0.3) is 0 Å². The van der Waals surface area contributed by atoms with Crippen LogP contribution in [0.5, 0.6) is 0 Å². The number of sulfonamides is 1. The van der Waals surface area contributed by atoms with E-state index in [9.17, 15) is 8.42 Å². The molecule has 6 nitrogen and oxygen atoms in total. The molecule has 5 N–H and O–H groups in total. The highest BCUT2D eigenvalue weighted by Gasteiger charge is 2.13. The second-order valence-electron chi connectivity index (χ2n) is 4.53. The molecule has 0 saturated carbocycles. The van der Waals surface area contributed by atoms with E-state index in [2.05, 4.69) is 10.3 Å². The number of hydrogen-bond donors (Lipinski definition) is 3. The highest BCUT2D eigenvalue weighted by atomic mass is 32.2. The summed E-state index contributed by atoms with van der Waals surface area (Å²) in [6.45, 7) is 3.87. The molecule has 0 spiro atoms. The Morgan fingerprint density at radius 3 is 2.60 bits per heavy atom. The van der Waals surface area contributed by atoms with E-state index in [4.69, 9.17) is 10.9 Å². The second-order valence-corrected chi connectivity index (χ2v) is 6.98. The Balaban J connectivity index is 2.28. The molecule has 0 aliphatic heterocycles. The van der Waals surface area contributed by atoms with E-state index in [1.54, 1.807) is 17.4 Å². The van der Waals surface area contributed by atoms with E-state index in [0.717, 1.165) is 10.7 Å². The zero-order valence-electron chi connectivity index (χ0n) is 11.1. The van der Waals surface area contributed by atoms with Gasteiger partial charge in [-0.2, -0.15) is 0 Å². The molecule has 0 radical (unpaired) electrons. The molecule has 0 bridgehead atoms. The predicted molar refractivity (Wildman–Crippen MR) is 81.1 cm³/mol. The van der Waals surface area contributed by atoms with Gasteiger partial charge < -0.3 is 11.1 Å². The average Bonchev–Trinajstić information content (AvgIpc) is 2.74. The quantitative estimate of drug-likeness (QED) is 0.746. The molecular formula is C12H16N4O2S2. The van der Waals surface area contributed by atoms with Crippen LogP contribution in [0.4, 0.5) is 11.4 Å². The Bertz CT molecular complexity index is 725. The topological polar surface area (TPSA) is 111 Å². The van der Waals surface area contributed by atoms with Crippen molar-refractivity contribution >= 4 is 32.7 Å². The lowest BCUT2D eigenvalue weighted by Gasteiger charge is -2.14. The van der Waals surface area contributed by atoms with Crippen molar-refractivity contribution in [3.05, 3.63) is 34.3 Å². The van der Waals surface area contributed by atoms with Gasteiger partial charge in [-0.3, -0.25) is 0 Å². The van der Waals surface area contributed by atoms with Crippen LogP contribution in [0.2, 0.25) is 0 Å². The van der Waals surface area contributed by atoms with E-state index >= 15 is 0 Å². The zero-order valence-corrected chi connectivity index (χ0v) is 12.8. The van der Waals surface area contributed by atoms with Crippen molar-refractivity contribution < 1.29 is 8.42 Å². The Hall–Kier alpha value is -1.64. The van der Waals surface area contributed by atoms with Crippen LogP contribution < -0.4 is 16.2 Å². The molecule has 0 aliphatic rings. The number of nitrogens with one attached hydrogen (secondary N) is 1. The fraction of sp³-hybridized carbons (Fsp3) is 0.250. The molecule has 1 atom stereocenters. The zero-order chi connectivity index (χ0) is 14.9. The van der Waals surface area contributed by atoms with Crippen molar-refractivity contribution in [2.75, 3.05) is 11.1 Å². The minimum Gasteiger partial charge on any atom is -0.399 e. The molecule has 108 valence electrons. The molecule has 2 rings (SSSR count). The lowest BCUT2D eigenvalue weighted by Crippen LogP contribution is -2.14. The number of nitrogens with two attached hydrogens (primary N) is 2. The summed E-state index contributed by atoms with van der Waals surface area (Å²) in [4.78, 5) is 4.37. The number of nitrogen functional groups attached to an aromatic ring is 1. The van der Waals surface area contributed by atoms with Crippen molar-refractivity contribution in [2.24, 2.45) is 5.14 Å². The van der Waals surface area contributed by atoms with Gasteiger partial charge in [-0.15, -0.1) is 11.3 Å². The van der Waals surface area contributed by atoms with Crippen molar-refractivity contribution in [1.29, 1.82) is 0 Å². The summed E-state index contributed by atoms with van der Waals surface area (Å²) < 4.78 is 22.8. The third-order valence-electron chi connectivity index (χ3n) is 2.65. The van der Waals surface area contributed by atoms with Gasteiger partial charge in [0.05, 0.1) is 10.9 Å². The van der Waals surface area contributed by atoms with Gasteiger partial charge in [0.2, 0.25) is 10.0 Å². The SMILES string of the molecule is Cc1csc(C(C)Nc2cc(N)cc(S(N)(=O)=O)c2)n1. The number of anilines is 2. The minimum atomic E-state index is -3.78. The first-order valence-corrected chi connectivity index (χ1v) is 8.30. The van der Waals surface area contributed by atoms with Crippen LogP contribution in [-0.2, 0) is 10.0 Å². The molecule has 0 aliphatic carbocycles. The van der Waals surface area contributed by atoms with Crippen LogP contribution in [0.1, 0.15) is 23.7 Å². The number of hydrogen-bond acceptors (Lipinski definition) is 6. The average molecular weight is 312 g/mol. The van der Waals surface area contributed by atoms with E-state index in [0.29, 0.717) is 11.4 Å². The number of benzene rings is 1. The highest BCUT2D eigenvalue weighted by Crippen LogP contribution is 2.25. The smallest absolute Gasteiger partial charge is 0.238 e. The molecular weight excluding hydrogens is 296 g/mol. The summed E-state index contributed by atoms with van der Waals surface area (Å²) in [7, 11) is -3.78. The molecule has 8 heteroatoms. The number of rotatable bonds is 4. The van der Waals surface area contributed by atoms with Gasteiger partial charge in [-0.1, -0.05) is 0 Å². The Kier molecular flexibility index (Phi) is 3.98. The normalized spacial score (nSPS) is 13.2. The van der Waals surface area contributed by atoms with Crippen molar-refractivity contribution in [1.82, 2.24) is 4.98 Å². The summed E-state index contributed by atoms with van der Waals surface area (Å²) in [5.74, 6) is 0. The molecule has 1 unspecified atom stereocenters. The minimum absolute atomic E-state index is 0.0116. The summed E-state index contributed by atoms with van der Waals surface area (Å²) in [5.41, 5.74) is 7.58. The highest BCUT2D eigenvalue weighted by molar-refractivity contribution is 7.89. The largest absolute Gasteiger partial charge is 0.399 e. The molecule has 1 heterocycles. The molecule has 20 heavy (non-hydrogen) atoms. The van der Waals surface area contributed by atoms with E-state index in [1.165, 1.54) is 12.1 Å². The Labute approximate surface area is 121 Å². The van der Waals surface area contributed by atoms with Gasteiger partial charge in [0.15, 0.2) is 0 Å². The van der Waals surface area contributed by atoms with Crippen LogP contribution in [0, 0.1) is 6.92 Å². The fourth-order valence-electron chi connectivity index (χ4n) is 1.75. The lowest BCUT2D eigenvalue weighted by atomic mass is 10.2. The number of thiazole rings is 1. The third-order valence-corrected chi connectivity index (χ3v) is 4.69. The summed E-state index contributed by atoms with van der Waals surface area (Å²) >= 11 is 1.54. The number of primary sulfonamides is 1. The number of aryl methyl sites for hydroxylation is 1. The molecule has 1 aromatic heterocycles. The molecule has 1 aromatic carbocycles. The summed E-state index contributed by atoms with van der Waals surface area (Å²) in [6.07, 6.45) is 0. The molecule has 0 amide bonds. The third kappa shape index (κ3) is 3.47. The van der Waals surface area contributed by atoms with Crippen LogP contribution >= 0.6 is 11.3 Å². The maximum atomic E-state index is 11.4. The van der Waals surface area contributed by atoms with Crippen molar-refractivity contribution in [2.45, 2.75) is 24.8 Å². The number of nitrogens with zero attached hydrogens (tertiary/aromatic N) is 1. The van der Waals surface area contributed by atoms with Gasteiger partial charge >= 0.3 is 0 Å². The molecule has 2 aromatic rings.